The van der Waals surface area contributed by atoms with Crippen LogP contribution in [0.3, 0.4) is 0 Å². The van der Waals surface area contributed by atoms with Crippen LogP contribution in [0.25, 0.3) is 0 Å². The van der Waals surface area contributed by atoms with E-state index in [1.807, 2.05) is 45.9 Å². The van der Waals surface area contributed by atoms with Gasteiger partial charge in [0, 0.05) is 11.0 Å². The second-order valence-electron chi connectivity index (χ2n) is 6.98. The lowest BCUT2D eigenvalue weighted by molar-refractivity contribution is 0.345. The van der Waals surface area contributed by atoms with Crippen molar-refractivity contribution >= 4 is 26.0 Å². The first-order valence-electron chi connectivity index (χ1n) is 7.75. The van der Waals surface area contributed by atoms with Crippen molar-refractivity contribution in [1.29, 1.82) is 0 Å². The Morgan fingerprint density at radius 3 is 2.33 bits per heavy atom. The number of hydrogen-bond donors (Lipinski definition) is 1. The Labute approximate surface area is 152 Å². The Balaban J connectivity index is 2.33. The van der Waals surface area contributed by atoms with E-state index < -0.39 is 10.0 Å². The molecule has 0 aliphatic heterocycles. The third kappa shape index (κ3) is 3.90. The van der Waals surface area contributed by atoms with E-state index in [1.165, 1.54) is 0 Å². The fraction of sp³-hybridized carbons (Fsp3) is 0.471. The number of halogens is 1. The van der Waals surface area contributed by atoms with Crippen molar-refractivity contribution in [3.63, 3.8) is 0 Å². The van der Waals surface area contributed by atoms with Crippen molar-refractivity contribution in [2.24, 2.45) is 0 Å². The predicted octanol–water partition coefficient (Wildman–Crippen LogP) is 3.80. The normalized spacial score (nSPS) is 12.6. The van der Waals surface area contributed by atoms with Gasteiger partial charge in [0.2, 0.25) is 10.0 Å². The van der Waals surface area contributed by atoms with Gasteiger partial charge < -0.3 is 0 Å². The maximum Gasteiger partial charge on any atom is 0.244 e. The van der Waals surface area contributed by atoms with Crippen molar-refractivity contribution in [3.8, 4) is 0 Å². The van der Waals surface area contributed by atoms with Gasteiger partial charge in [-0.2, -0.15) is 5.10 Å². The molecule has 0 atom stereocenters. The van der Waals surface area contributed by atoms with Crippen LogP contribution >= 0.6 is 15.9 Å². The Bertz CT molecular complexity index is 865. The van der Waals surface area contributed by atoms with Gasteiger partial charge in [0.25, 0.3) is 0 Å². The van der Waals surface area contributed by atoms with Crippen LogP contribution in [0.2, 0.25) is 0 Å². The SMILES string of the molecule is Cc1cc(Br)ccc1CNS(=O)(=O)c1c(C)nn(C(C)(C)C)c1C. The van der Waals surface area contributed by atoms with Crippen LogP contribution in [0.4, 0.5) is 0 Å². The molecule has 0 unspecified atom stereocenters. The number of aryl methyl sites for hydroxylation is 2. The molecule has 0 saturated heterocycles. The molecule has 5 nitrogen and oxygen atoms in total. The molecule has 0 saturated carbocycles. The van der Waals surface area contributed by atoms with E-state index >= 15 is 0 Å². The van der Waals surface area contributed by atoms with Crippen molar-refractivity contribution < 1.29 is 8.42 Å². The number of aromatic nitrogens is 2. The molecule has 132 valence electrons. The average molecular weight is 414 g/mol. The highest BCUT2D eigenvalue weighted by Crippen LogP contribution is 2.25. The maximum absolute atomic E-state index is 12.8. The van der Waals surface area contributed by atoms with Gasteiger partial charge in [-0.25, -0.2) is 13.1 Å². The first kappa shape index (κ1) is 19.1. The van der Waals surface area contributed by atoms with Gasteiger partial charge in [0.05, 0.1) is 16.9 Å². The fourth-order valence-corrected chi connectivity index (χ4v) is 4.64. The van der Waals surface area contributed by atoms with Gasteiger partial charge in [-0.05, 0) is 64.8 Å². The van der Waals surface area contributed by atoms with Crippen LogP contribution in [-0.4, -0.2) is 18.2 Å². The maximum atomic E-state index is 12.8. The zero-order valence-corrected chi connectivity index (χ0v) is 17.3. The van der Waals surface area contributed by atoms with E-state index in [0.29, 0.717) is 11.4 Å². The predicted molar refractivity (Wildman–Crippen MR) is 99.6 cm³/mol. The molecule has 1 N–H and O–H groups in total. The Morgan fingerprint density at radius 1 is 1.21 bits per heavy atom. The second-order valence-corrected chi connectivity index (χ2v) is 9.60. The molecule has 0 amide bonds. The number of hydrogen-bond acceptors (Lipinski definition) is 3. The third-order valence-corrected chi connectivity index (χ3v) is 6.03. The Hall–Kier alpha value is -1.18. The molecule has 0 spiro atoms. The summed E-state index contributed by atoms with van der Waals surface area (Å²) < 4.78 is 31.0. The van der Waals surface area contributed by atoms with Gasteiger partial charge >= 0.3 is 0 Å². The molecule has 1 aromatic carbocycles. The zero-order chi connectivity index (χ0) is 18.3. The van der Waals surface area contributed by atoms with Crippen molar-refractivity contribution in [2.45, 2.75) is 58.5 Å². The van der Waals surface area contributed by atoms with E-state index in [2.05, 4.69) is 25.8 Å². The van der Waals surface area contributed by atoms with Crippen LogP contribution in [0.5, 0.6) is 0 Å². The molecule has 1 heterocycles. The number of nitrogens with zero attached hydrogens (tertiary/aromatic N) is 2. The molecule has 2 aromatic rings. The summed E-state index contributed by atoms with van der Waals surface area (Å²) in [6.45, 7) is 11.7. The number of benzene rings is 1. The molecular weight excluding hydrogens is 390 g/mol. The summed E-state index contributed by atoms with van der Waals surface area (Å²) in [6, 6.07) is 5.79. The number of sulfonamides is 1. The fourth-order valence-electron chi connectivity index (χ4n) is 2.77. The first-order chi connectivity index (χ1) is 10.9. The smallest absolute Gasteiger partial charge is 0.244 e. The molecule has 24 heavy (non-hydrogen) atoms. The van der Waals surface area contributed by atoms with Crippen molar-refractivity contribution in [1.82, 2.24) is 14.5 Å². The lowest BCUT2D eigenvalue weighted by atomic mass is 10.1. The monoisotopic (exact) mass is 413 g/mol. The van der Waals surface area contributed by atoms with E-state index in [0.717, 1.165) is 15.6 Å². The summed E-state index contributed by atoms with van der Waals surface area (Å²) in [7, 11) is -3.63. The van der Waals surface area contributed by atoms with E-state index in [1.54, 1.807) is 18.5 Å². The molecule has 7 heteroatoms. The molecular formula is C17H24BrN3O2S. The van der Waals surface area contributed by atoms with Crippen molar-refractivity contribution in [2.75, 3.05) is 0 Å². The molecule has 1 aromatic heterocycles. The van der Waals surface area contributed by atoms with E-state index in [4.69, 9.17) is 0 Å². The van der Waals surface area contributed by atoms with Gasteiger partial charge in [-0.15, -0.1) is 0 Å². The van der Waals surface area contributed by atoms with Crippen LogP contribution in [-0.2, 0) is 22.1 Å². The van der Waals surface area contributed by atoms with Gasteiger partial charge in [-0.3, -0.25) is 4.68 Å². The largest absolute Gasteiger partial charge is 0.263 e. The minimum Gasteiger partial charge on any atom is -0.263 e. The molecule has 0 aliphatic rings. The number of nitrogens with one attached hydrogen (secondary N) is 1. The van der Waals surface area contributed by atoms with Crippen LogP contribution in [0.15, 0.2) is 27.6 Å². The standard InChI is InChI=1S/C17H24BrN3O2S/c1-11-9-15(18)8-7-14(11)10-19-24(22,23)16-12(2)20-21(13(16)3)17(4,5)6/h7-9,19H,10H2,1-6H3. The topological polar surface area (TPSA) is 64.0 Å². The van der Waals surface area contributed by atoms with E-state index in [9.17, 15) is 8.42 Å². The Kier molecular flexibility index (Phi) is 5.28. The van der Waals surface area contributed by atoms with Crippen LogP contribution in [0.1, 0.15) is 43.3 Å². The summed E-state index contributed by atoms with van der Waals surface area (Å²) in [4.78, 5) is 0.271. The first-order valence-corrected chi connectivity index (χ1v) is 10.0. The minimum atomic E-state index is -3.63. The highest BCUT2D eigenvalue weighted by Gasteiger charge is 2.28. The zero-order valence-electron chi connectivity index (χ0n) is 14.9. The second kappa shape index (κ2) is 6.61. The summed E-state index contributed by atoms with van der Waals surface area (Å²) in [5.41, 5.74) is 2.87. The quantitative estimate of drug-likeness (QED) is 0.828. The molecule has 0 aliphatic carbocycles. The summed E-state index contributed by atoms with van der Waals surface area (Å²) in [5.74, 6) is 0. The lowest BCUT2D eigenvalue weighted by Gasteiger charge is -2.21. The van der Waals surface area contributed by atoms with Crippen LogP contribution in [0, 0.1) is 20.8 Å². The van der Waals surface area contributed by atoms with Crippen LogP contribution < -0.4 is 4.72 Å². The van der Waals surface area contributed by atoms with Gasteiger partial charge in [0.15, 0.2) is 0 Å². The van der Waals surface area contributed by atoms with Crippen molar-refractivity contribution in [3.05, 3.63) is 45.2 Å². The third-order valence-electron chi connectivity index (χ3n) is 3.89. The summed E-state index contributed by atoms with van der Waals surface area (Å²) in [5, 5.41) is 4.42. The Morgan fingerprint density at radius 2 is 1.83 bits per heavy atom. The average Bonchev–Trinajstić information content (AvgIpc) is 2.73. The highest BCUT2D eigenvalue weighted by atomic mass is 79.9. The van der Waals surface area contributed by atoms with E-state index in [-0.39, 0.29) is 17.0 Å². The number of rotatable bonds is 4. The summed E-state index contributed by atoms with van der Waals surface area (Å²) in [6.07, 6.45) is 0. The van der Waals surface area contributed by atoms with Gasteiger partial charge in [-0.1, -0.05) is 22.0 Å². The minimum absolute atomic E-state index is 0.251. The molecule has 0 bridgehead atoms. The molecule has 2 rings (SSSR count). The molecule has 0 fully saturated rings. The highest BCUT2D eigenvalue weighted by molar-refractivity contribution is 9.10. The molecule has 0 radical (unpaired) electrons. The summed E-state index contributed by atoms with van der Waals surface area (Å²) >= 11 is 3.41. The lowest BCUT2D eigenvalue weighted by Crippen LogP contribution is -2.27. The van der Waals surface area contributed by atoms with Gasteiger partial charge in [0.1, 0.15) is 4.90 Å².